The Morgan fingerprint density at radius 1 is 0.712 bits per heavy atom. The lowest BCUT2D eigenvalue weighted by atomic mass is 10.1. The summed E-state index contributed by atoms with van der Waals surface area (Å²) in [6.45, 7) is 0. The number of anilines is 2. The number of halogens is 1. The number of amides is 2. The van der Waals surface area contributed by atoms with Gasteiger partial charge in [-0.05, 0) is 85.3 Å². The number of hydrogen-bond acceptors (Lipinski definition) is 9. The number of rotatable bonds is 13. The quantitative estimate of drug-likeness (QED) is 0.0875. The second-order valence-electron chi connectivity index (χ2n) is 11.2. The van der Waals surface area contributed by atoms with Crippen LogP contribution in [0.1, 0.15) is 53.7 Å². The molecule has 266 valence electrons. The molecular weight excluding hydrogens is 688 g/mol. The molecule has 0 aliphatic rings. The molecule has 0 aliphatic heterocycles. The van der Waals surface area contributed by atoms with Gasteiger partial charge < -0.3 is 25.2 Å². The number of H-pyrrole nitrogens is 2. The lowest BCUT2D eigenvalue weighted by Gasteiger charge is -2.03. The second-order valence-corrected chi connectivity index (χ2v) is 11.6. The van der Waals surface area contributed by atoms with Crippen molar-refractivity contribution >= 4 is 41.0 Å². The predicted octanol–water partition coefficient (Wildman–Crippen LogP) is 6.05. The van der Waals surface area contributed by atoms with Gasteiger partial charge in [-0.25, -0.2) is 9.78 Å². The Kier molecular flexibility index (Phi) is 12.7. The van der Waals surface area contributed by atoms with Gasteiger partial charge in [-0.2, -0.15) is 10.2 Å². The maximum atomic E-state index is 12.2. The molecule has 0 radical (unpaired) electrons. The summed E-state index contributed by atoms with van der Waals surface area (Å²) < 4.78 is 10.4. The highest BCUT2D eigenvalue weighted by atomic mass is 35.5. The molecule has 6 aromatic rings. The van der Waals surface area contributed by atoms with Gasteiger partial charge in [0.05, 0.1) is 25.3 Å². The number of aromatic amines is 2. The fraction of sp³-hybridized carbons (Fsp3) is 0.162. The number of carbonyl (C=O) groups excluding carboxylic acids is 2. The monoisotopic (exact) mass is 722 g/mol. The van der Waals surface area contributed by atoms with Crippen molar-refractivity contribution in [2.24, 2.45) is 0 Å². The van der Waals surface area contributed by atoms with Crippen molar-refractivity contribution in [3.63, 3.8) is 0 Å². The molecule has 0 bridgehead atoms. The maximum absolute atomic E-state index is 12.2. The van der Waals surface area contributed by atoms with Gasteiger partial charge in [0.2, 0.25) is 0 Å². The Balaban J connectivity index is 0.000000202. The van der Waals surface area contributed by atoms with Crippen molar-refractivity contribution in [1.82, 2.24) is 30.4 Å². The first kappa shape index (κ1) is 36.7. The summed E-state index contributed by atoms with van der Waals surface area (Å²) in [5.41, 5.74) is 4.55. The van der Waals surface area contributed by atoms with Crippen molar-refractivity contribution in [3.05, 3.63) is 142 Å². The molecule has 0 spiro atoms. The highest BCUT2D eigenvalue weighted by Crippen LogP contribution is 2.18. The van der Waals surface area contributed by atoms with Gasteiger partial charge >= 0.3 is 5.97 Å². The normalized spacial score (nSPS) is 10.4. The lowest BCUT2D eigenvalue weighted by molar-refractivity contribution is 0.0695. The number of nitrogens with zero attached hydrogens (tertiary/aromatic N) is 4. The minimum atomic E-state index is -1.09. The van der Waals surface area contributed by atoms with Crippen LogP contribution in [0.2, 0.25) is 5.15 Å². The van der Waals surface area contributed by atoms with E-state index in [1.54, 1.807) is 32.4 Å². The van der Waals surface area contributed by atoms with Gasteiger partial charge in [0, 0.05) is 35.9 Å². The van der Waals surface area contributed by atoms with E-state index in [1.807, 2.05) is 54.6 Å². The van der Waals surface area contributed by atoms with Gasteiger partial charge in [-0.3, -0.25) is 24.8 Å². The Labute approximate surface area is 303 Å². The molecule has 2 aromatic carbocycles. The average molecular weight is 723 g/mol. The number of carbonyl (C=O) groups is 3. The fourth-order valence-corrected chi connectivity index (χ4v) is 5.10. The van der Waals surface area contributed by atoms with Crippen LogP contribution in [0, 0.1) is 0 Å². The van der Waals surface area contributed by atoms with E-state index in [1.165, 1.54) is 23.9 Å². The minimum Gasteiger partial charge on any atom is -0.497 e. The fourth-order valence-electron chi connectivity index (χ4n) is 4.90. The van der Waals surface area contributed by atoms with Crippen LogP contribution in [0.3, 0.4) is 0 Å². The molecule has 0 saturated carbocycles. The smallest absolute Gasteiger partial charge is 0.337 e. The van der Waals surface area contributed by atoms with E-state index in [0.717, 1.165) is 60.3 Å². The number of hydrogen-bond donors (Lipinski definition) is 5. The third-order valence-corrected chi connectivity index (χ3v) is 7.93. The van der Waals surface area contributed by atoms with Gasteiger partial charge in [0.15, 0.2) is 11.6 Å². The Hall–Kier alpha value is -6.54. The van der Waals surface area contributed by atoms with Crippen LogP contribution < -0.4 is 20.1 Å². The second kappa shape index (κ2) is 17.9. The maximum Gasteiger partial charge on any atom is 0.337 e. The highest BCUT2D eigenvalue weighted by Gasteiger charge is 2.14. The van der Waals surface area contributed by atoms with Crippen molar-refractivity contribution in [3.8, 4) is 11.5 Å². The SMILES string of the molecule is COc1cccc(CCc2cc(NC(=O)c3ccc(C(=O)O)cn3)n[nH]2)c1.COc1cccc(CCc2cc(NC(=O)c3cccnc3Cl)n[nH]2)c1. The predicted molar refractivity (Wildman–Crippen MR) is 194 cm³/mol. The number of methoxy groups -OCH3 is 2. The van der Waals surface area contributed by atoms with E-state index in [2.05, 4.69) is 41.0 Å². The molecule has 14 nitrogen and oxygen atoms in total. The number of pyridine rings is 2. The topological polar surface area (TPSA) is 197 Å². The van der Waals surface area contributed by atoms with Crippen LogP contribution in [0.4, 0.5) is 11.6 Å². The molecule has 4 aromatic heterocycles. The number of benzene rings is 2. The zero-order chi connectivity index (χ0) is 36.9. The van der Waals surface area contributed by atoms with Crippen LogP contribution >= 0.6 is 11.6 Å². The summed E-state index contributed by atoms with van der Waals surface area (Å²) >= 11 is 5.92. The van der Waals surface area contributed by atoms with Gasteiger partial charge in [-0.15, -0.1) is 0 Å². The molecule has 15 heteroatoms. The summed E-state index contributed by atoms with van der Waals surface area (Å²) in [5, 5.41) is 28.4. The summed E-state index contributed by atoms with van der Waals surface area (Å²) in [6.07, 6.45) is 5.79. The Bertz CT molecular complexity index is 2130. The first-order chi connectivity index (χ1) is 25.2. The summed E-state index contributed by atoms with van der Waals surface area (Å²) in [6, 6.07) is 25.3. The standard InChI is InChI=1S/C19H18N4O4.C18H17ClN4O2/c1-27-15-4-2-3-12(9-15)5-7-14-10-17(23-22-14)21-18(24)16-8-6-13(11-20-16)19(25)26;1-25-14-5-2-4-12(10-14)7-8-13-11-16(23-22-13)21-18(24)15-6-3-9-20-17(15)19/h2-4,6,8-11H,5,7H2,1H3,(H,25,26)(H2,21,22,23,24);2-6,9-11H,7-8H2,1H3,(H2,21,22,23,24). The van der Waals surface area contributed by atoms with E-state index in [4.69, 9.17) is 26.2 Å². The first-order valence-corrected chi connectivity index (χ1v) is 16.4. The van der Waals surface area contributed by atoms with Gasteiger partial charge in [0.25, 0.3) is 11.8 Å². The zero-order valence-corrected chi connectivity index (χ0v) is 29.0. The number of aromatic nitrogens is 6. The minimum absolute atomic E-state index is 0.0196. The molecule has 0 aliphatic carbocycles. The Morgan fingerprint density at radius 3 is 1.79 bits per heavy atom. The van der Waals surface area contributed by atoms with Crippen LogP contribution in [-0.2, 0) is 25.7 Å². The van der Waals surface area contributed by atoms with Crippen molar-refractivity contribution in [2.45, 2.75) is 25.7 Å². The number of ether oxygens (including phenoxy) is 2. The van der Waals surface area contributed by atoms with Gasteiger partial charge in [0.1, 0.15) is 22.3 Å². The van der Waals surface area contributed by atoms with Crippen molar-refractivity contribution in [2.75, 3.05) is 24.9 Å². The molecular formula is C37H35ClN8O6. The van der Waals surface area contributed by atoms with Crippen LogP contribution in [0.15, 0.2) is 97.3 Å². The molecule has 6 rings (SSSR count). The summed E-state index contributed by atoms with van der Waals surface area (Å²) in [5.74, 6) is 0.578. The van der Waals surface area contributed by atoms with Crippen molar-refractivity contribution < 1.29 is 29.0 Å². The number of aromatic carboxylic acids is 1. The van der Waals surface area contributed by atoms with E-state index in [0.29, 0.717) is 17.2 Å². The van der Waals surface area contributed by atoms with E-state index >= 15 is 0 Å². The molecule has 0 unspecified atom stereocenters. The van der Waals surface area contributed by atoms with Crippen LogP contribution in [0.25, 0.3) is 0 Å². The summed E-state index contributed by atoms with van der Waals surface area (Å²) in [7, 11) is 3.28. The Morgan fingerprint density at radius 2 is 1.29 bits per heavy atom. The molecule has 0 saturated heterocycles. The first-order valence-electron chi connectivity index (χ1n) is 16.0. The molecule has 4 heterocycles. The highest BCUT2D eigenvalue weighted by molar-refractivity contribution is 6.33. The molecule has 52 heavy (non-hydrogen) atoms. The van der Waals surface area contributed by atoms with Gasteiger partial charge in [-0.1, -0.05) is 35.9 Å². The van der Waals surface area contributed by atoms with Crippen LogP contribution in [0.5, 0.6) is 11.5 Å². The number of carboxylic acid groups (broad SMARTS) is 1. The van der Waals surface area contributed by atoms with E-state index < -0.39 is 11.9 Å². The van der Waals surface area contributed by atoms with Crippen molar-refractivity contribution in [1.29, 1.82) is 0 Å². The average Bonchev–Trinajstić information content (AvgIpc) is 3.82. The summed E-state index contributed by atoms with van der Waals surface area (Å²) in [4.78, 5) is 42.9. The number of carboxylic acids is 1. The lowest BCUT2D eigenvalue weighted by Crippen LogP contribution is -2.14. The molecule has 5 N–H and O–H groups in total. The van der Waals surface area contributed by atoms with E-state index in [9.17, 15) is 14.4 Å². The molecule has 0 fully saturated rings. The third kappa shape index (κ3) is 10.5. The number of aryl methyl sites for hydroxylation is 4. The zero-order valence-electron chi connectivity index (χ0n) is 28.2. The number of nitrogens with one attached hydrogen (secondary N) is 4. The van der Waals surface area contributed by atoms with E-state index in [-0.39, 0.29) is 22.3 Å². The third-order valence-electron chi connectivity index (χ3n) is 7.63. The molecule has 2 amide bonds. The largest absolute Gasteiger partial charge is 0.497 e. The van der Waals surface area contributed by atoms with Crippen LogP contribution in [-0.4, -0.2) is 67.5 Å². The molecule has 0 atom stereocenters.